The zero-order valence-corrected chi connectivity index (χ0v) is 19.3. The average molecular weight is 456 g/mol. The number of nitrogens with one attached hydrogen (secondary N) is 1. The molecule has 0 unspecified atom stereocenters. The number of fused-ring (bicyclic) bond motifs is 1. The van der Waals surface area contributed by atoms with Gasteiger partial charge in [0.05, 0.1) is 4.90 Å². The van der Waals surface area contributed by atoms with Crippen LogP contribution in [0.1, 0.15) is 37.3 Å². The van der Waals surface area contributed by atoms with Crippen molar-refractivity contribution in [3.05, 3.63) is 53.6 Å². The summed E-state index contributed by atoms with van der Waals surface area (Å²) in [5.74, 6) is 0.0942. The van der Waals surface area contributed by atoms with Crippen LogP contribution in [0, 0.1) is 12.8 Å². The first kappa shape index (κ1) is 22.5. The van der Waals surface area contributed by atoms with Crippen molar-refractivity contribution in [2.45, 2.75) is 44.4 Å². The summed E-state index contributed by atoms with van der Waals surface area (Å²) in [6, 6.07) is 12.7. The van der Waals surface area contributed by atoms with Crippen LogP contribution in [0.3, 0.4) is 0 Å². The molecule has 2 heterocycles. The van der Waals surface area contributed by atoms with Crippen molar-refractivity contribution in [2.75, 3.05) is 29.9 Å². The standard InChI is InChI=1S/C24H29N3O4S/c1-17-5-3-4-6-22(17)25-24(29)15-19-9-12-26(13-10-19)32(30,31)21-7-8-23-20(16-21)11-14-27(23)18(2)28/h3-8,16,19H,9-15H2,1-2H3,(H,25,29). The van der Waals surface area contributed by atoms with Gasteiger partial charge in [-0.2, -0.15) is 4.31 Å². The van der Waals surface area contributed by atoms with Crippen molar-refractivity contribution in [2.24, 2.45) is 5.92 Å². The van der Waals surface area contributed by atoms with Gasteiger partial charge in [-0.05, 0) is 67.5 Å². The SMILES string of the molecule is CC(=O)N1CCc2cc(S(=O)(=O)N3CCC(CC(=O)Nc4ccccc4C)CC3)ccc21. The van der Waals surface area contributed by atoms with E-state index in [4.69, 9.17) is 0 Å². The molecule has 4 rings (SSSR count). The normalized spacial score (nSPS) is 17.2. The molecule has 1 N–H and O–H groups in total. The number of piperidine rings is 1. The van der Waals surface area contributed by atoms with Crippen LogP contribution >= 0.6 is 0 Å². The summed E-state index contributed by atoms with van der Waals surface area (Å²) >= 11 is 0. The van der Waals surface area contributed by atoms with Crippen LogP contribution in [0.5, 0.6) is 0 Å². The molecule has 2 aromatic rings. The first-order valence-electron chi connectivity index (χ1n) is 11.0. The van der Waals surface area contributed by atoms with Crippen molar-refractivity contribution in [1.82, 2.24) is 4.31 Å². The Hall–Kier alpha value is -2.71. The first-order valence-corrected chi connectivity index (χ1v) is 12.5. The molecule has 1 saturated heterocycles. The molecular weight excluding hydrogens is 426 g/mol. The molecule has 2 aliphatic heterocycles. The third-order valence-corrected chi connectivity index (χ3v) is 8.33. The van der Waals surface area contributed by atoms with Gasteiger partial charge in [-0.25, -0.2) is 8.42 Å². The van der Waals surface area contributed by atoms with Crippen molar-refractivity contribution in [1.29, 1.82) is 0 Å². The van der Waals surface area contributed by atoms with Gasteiger partial charge >= 0.3 is 0 Å². The van der Waals surface area contributed by atoms with Crippen molar-refractivity contribution in [3.63, 3.8) is 0 Å². The highest BCUT2D eigenvalue weighted by atomic mass is 32.2. The molecule has 32 heavy (non-hydrogen) atoms. The van der Waals surface area contributed by atoms with Crippen LogP contribution < -0.4 is 10.2 Å². The largest absolute Gasteiger partial charge is 0.326 e. The Kier molecular flexibility index (Phi) is 6.35. The Morgan fingerprint density at radius 1 is 1.06 bits per heavy atom. The lowest BCUT2D eigenvalue weighted by Crippen LogP contribution is -2.39. The number of para-hydroxylation sites is 1. The summed E-state index contributed by atoms with van der Waals surface area (Å²) in [6.07, 6.45) is 2.37. The number of benzene rings is 2. The number of anilines is 2. The number of sulfonamides is 1. The maximum absolute atomic E-state index is 13.2. The molecule has 170 valence electrons. The van der Waals surface area contributed by atoms with Gasteiger partial charge < -0.3 is 10.2 Å². The van der Waals surface area contributed by atoms with Crippen LogP contribution in [0.15, 0.2) is 47.4 Å². The molecule has 0 saturated carbocycles. The monoisotopic (exact) mass is 455 g/mol. The predicted octanol–water partition coefficient (Wildman–Crippen LogP) is 3.33. The first-order chi connectivity index (χ1) is 15.3. The fourth-order valence-electron chi connectivity index (χ4n) is 4.55. The Morgan fingerprint density at radius 3 is 2.47 bits per heavy atom. The Balaban J connectivity index is 1.36. The molecule has 0 atom stereocenters. The maximum Gasteiger partial charge on any atom is 0.243 e. The van der Waals surface area contributed by atoms with Crippen molar-refractivity contribution in [3.8, 4) is 0 Å². The minimum absolute atomic E-state index is 0.0331. The van der Waals surface area contributed by atoms with E-state index in [2.05, 4.69) is 5.32 Å². The predicted molar refractivity (Wildman–Crippen MR) is 124 cm³/mol. The fraction of sp³-hybridized carbons (Fsp3) is 0.417. The molecule has 1 fully saturated rings. The van der Waals surface area contributed by atoms with E-state index in [9.17, 15) is 18.0 Å². The van der Waals surface area contributed by atoms with Crippen LogP contribution in [-0.4, -0.2) is 44.2 Å². The number of aryl methyl sites for hydroxylation is 1. The van der Waals surface area contributed by atoms with Crippen molar-refractivity contribution < 1.29 is 18.0 Å². The summed E-state index contributed by atoms with van der Waals surface area (Å²) in [5, 5.41) is 2.96. The number of rotatable bonds is 5. The zero-order chi connectivity index (χ0) is 22.9. The molecule has 0 aromatic heterocycles. The highest BCUT2D eigenvalue weighted by molar-refractivity contribution is 7.89. The van der Waals surface area contributed by atoms with Gasteiger partial charge in [0.1, 0.15) is 0 Å². The van der Waals surface area contributed by atoms with Gasteiger partial charge in [-0.3, -0.25) is 9.59 Å². The molecule has 2 amide bonds. The Bertz CT molecular complexity index is 1140. The van der Waals surface area contributed by atoms with Gasteiger partial charge in [0.25, 0.3) is 0 Å². The Morgan fingerprint density at radius 2 is 1.78 bits per heavy atom. The molecule has 0 bridgehead atoms. The molecule has 2 aromatic carbocycles. The average Bonchev–Trinajstić information content (AvgIpc) is 3.19. The summed E-state index contributed by atoms with van der Waals surface area (Å²) in [5.41, 5.74) is 3.53. The van der Waals surface area contributed by atoms with Crippen LogP contribution in [0.2, 0.25) is 0 Å². The van der Waals surface area contributed by atoms with E-state index >= 15 is 0 Å². The number of nitrogens with zero attached hydrogens (tertiary/aromatic N) is 2. The minimum Gasteiger partial charge on any atom is -0.326 e. The van der Waals surface area contributed by atoms with Gasteiger partial charge in [-0.15, -0.1) is 0 Å². The van der Waals surface area contributed by atoms with Crippen LogP contribution in [-0.2, 0) is 26.0 Å². The molecule has 7 nitrogen and oxygen atoms in total. The van der Waals surface area contributed by atoms with E-state index in [-0.39, 0.29) is 22.6 Å². The topological polar surface area (TPSA) is 86.8 Å². The quantitative estimate of drug-likeness (QED) is 0.749. The van der Waals surface area contributed by atoms with Gasteiger partial charge in [0.2, 0.25) is 21.8 Å². The number of amides is 2. The highest BCUT2D eigenvalue weighted by Gasteiger charge is 2.32. The van der Waals surface area contributed by atoms with E-state index in [0.29, 0.717) is 45.3 Å². The van der Waals surface area contributed by atoms with Crippen molar-refractivity contribution >= 4 is 33.2 Å². The third kappa shape index (κ3) is 4.56. The molecular formula is C24H29N3O4S. The minimum atomic E-state index is -3.60. The lowest BCUT2D eigenvalue weighted by atomic mass is 9.94. The van der Waals surface area contributed by atoms with E-state index in [1.54, 1.807) is 23.1 Å². The van der Waals surface area contributed by atoms with Crippen LogP contribution in [0.25, 0.3) is 0 Å². The molecule has 0 aliphatic carbocycles. The maximum atomic E-state index is 13.2. The summed E-state index contributed by atoms with van der Waals surface area (Å²) in [6.45, 7) is 4.87. The Labute approximate surface area is 189 Å². The fourth-order valence-corrected chi connectivity index (χ4v) is 6.07. The van der Waals surface area contributed by atoms with E-state index in [1.807, 2.05) is 31.2 Å². The molecule has 8 heteroatoms. The molecule has 0 radical (unpaired) electrons. The van der Waals surface area contributed by atoms with Gasteiger partial charge in [0, 0.05) is 44.4 Å². The molecule has 0 spiro atoms. The highest BCUT2D eigenvalue weighted by Crippen LogP contribution is 2.32. The smallest absolute Gasteiger partial charge is 0.243 e. The third-order valence-electron chi connectivity index (χ3n) is 6.43. The lowest BCUT2D eigenvalue weighted by molar-refractivity contribution is -0.117. The van der Waals surface area contributed by atoms with Gasteiger partial charge in [0.15, 0.2) is 0 Å². The van der Waals surface area contributed by atoms with E-state index in [1.165, 1.54) is 11.2 Å². The van der Waals surface area contributed by atoms with Crippen LogP contribution in [0.4, 0.5) is 11.4 Å². The summed E-state index contributed by atoms with van der Waals surface area (Å²) in [4.78, 5) is 26.1. The summed E-state index contributed by atoms with van der Waals surface area (Å²) < 4.78 is 27.9. The molecule has 2 aliphatic rings. The number of hydrogen-bond donors (Lipinski definition) is 1. The number of carbonyl (C=O) groups excluding carboxylic acids is 2. The second kappa shape index (κ2) is 9.03. The second-order valence-electron chi connectivity index (χ2n) is 8.63. The lowest BCUT2D eigenvalue weighted by Gasteiger charge is -2.31. The van der Waals surface area contributed by atoms with E-state index in [0.717, 1.165) is 22.5 Å². The number of carbonyl (C=O) groups is 2. The second-order valence-corrected chi connectivity index (χ2v) is 10.6. The van der Waals surface area contributed by atoms with Gasteiger partial charge in [-0.1, -0.05) is 18.2 Å². The van der Waals surface area contributed by atoms with E-state index < -0.39 is 10.0 Å². The zero-order valence-electron chi connectivity index (χ0n) is 18.5. The summed E-state index contributed by atoms with van der Waals surface area (Å²) in [7, 11) is -3.60. The number of hydrogen-bond acceptors (Lipinski definition) is 4.